The second-order valence-corrected chi connectivity index (χ2v) is 11.1. The van der Waals surface area contributed by atoms with Crippen molar-refractivity contribution in [3.63, 3.8) is 0 Å². The summed E-state index contributed by atoms with van der Waals surface area (Å²) in [5.74, 6) is -1.87. The maximum atomic E-state index is 13.7. The summed E-state index contributed by atoms with van der Waals surface area (Å²) >= 11 is 0. The topological polar surface area (TPSA) is 87.2 Å². The van der Waals surface area contributed by atoms with Crippen LogP contribution in [0.25, 0.3) is 0 Å². The zero-order valence-corrected chi connectivity index (χ0v) is 20.1. The molecule has 11 heteroatoms. The number of aliphatic carboxylic acids is 1. The van der Waals surface area contributed by atoms with E-state index in [0.29, 0.717) is 37.2 Å². The van der Waals surface area contributed by atoms with Crippen molar-refractivity contribution in [1.82, 2.24) is 9.21 Å². The summed E-state index contributed by atoms with van der Waals surface area (Å²) in [5, 5.41) is 9.41. The van der Waals surface area contributed by atoms with Gasteiger partial charge in [-0.3, -0.25) is 9.69 Å². The third kappa shape index (κ3) is 5.46. The number of carboxylic acids is 1. The molecule has 1 aliphatic heterocycles. The molecule has 0 amide bonds. The highest BCUT2D eigenvalue weighted by Crippen LogP contribution is 2.35. The monoisotopic (exact) mass is 512 g/mol. The van der Waals surface area contributed by atoms with Crippen molar-refractivity contribution in [2.24, 2.45) is 5.92 Å². The number of rotatable bonds is 6. The number of carbonyl (C=O) groups is 1. The Labute approximate surface area is 202 Å². The lowest BCUT2D eigenvalue weighted by Crippen LogP contribution is -2.58. The standard InChI is InChI=1S/C24H27F3N2O5S/c1-15-12-28(14-17-5-3-7-20(9-17)34-24(25,26)27)13-16(2)29(15)35(32,33)22-8-4-6-18-10-19(23(30)31)11-21(18)22/h3-9,15-16,19H,10-14H2,1-2H3,(H,30,31)/t15-,16+,19-/m0/s1. The van der Waals surface area contributed by atoms with Crippen LogP contribution in [0.15, 0.2) is 47.4 Å². The van der Waals surface area contributed by atoms with Crippen LogP contribution in [-0.4, -0.2) is 60.2 Å². The van der Waals surface area contributed by atoms with Crippen molar-refractivity contribution in [1.29, 1.82) is 0 Å². The van der Waals surface area contributed by atoms with Gasteiger partial charge in [-0.2, -0.15) is 4.31 Å². The van der Waals surface area contributed by atoms with E-state index in [0.717, 1.165) is 5.56 Å². The quantitative estimate of drug-likeness (QED) is 0.636. The molecule has 1 saturated heterocycles. The highest BCUT2D eigenvalue weighted by atomic mass is 32.2. The van der Waals surface area contributed by atoms with Gasteiger partial charge in [0, 0.05) is 31.7 Å². The van der Waals surface area contributed by atoms with Crippen LogP contribution in [0.4, 0.5) is 13.2 Å². The number of carboxylic acid groups (broad SMARTS) is 1. The molecule has 1 fully saturated rings. The molecule has 1 heterocycles. The van der Waals surface area contributed by atoms with Crippen LogP contribution in [0, 0.1) is 5.92 Å². The third-order valence-electron chi connectivity index (χ3n) is 6.50. The van der Waals surface area contributed by atoms with Crippen LogP contribution in [0.2, 0.25) is 0 Å². The Hall–Kier alpha value is -2.63. The molecule has 4 rings (SSSR count). The zero-order chi connectivity index (χ0) is 25.5. The molecule has 0 aromatic heterocycles. The van der Waals surface area contributed by atoms with Gasteiger partial charge in [-0.15, -0.1) is 13.2 Å². The second-order valence-electron chi connectivity index (χ2n) is 9.26. The Morgan fingerprint density at radius 2 is 1.74 bits per heavy atom. The number of benzene rings is 2. The van der Waals surface area contributed by atoms with Crippen LogP contribution in [-0.2, 0) is 34.2 Å². The van der Waals surface area contributed by atoms with Gasteiger partial charge < -0.3 is 9.84 Å². The minimum Gasteiger partial charge on any atom is -0.481 e. The molecule has 0 unspecified atom stereocenters. The average Bonchev–Trinajstić information content (AvgIpc) is 3.16. The highest BCUT2D eigenvalue weighted by Gasteiger charge is 2.41. The van der Waals surface area contributed by atoms with Crippen molar-refractivity contribution in [3.8, 4) is 5.75 Å². The average molecular weight is 513 g/mol. The van der Waals surface area contributed by atoms with Crippen molar-refractivity contribution in [2.75, 3.05) is 13.1 Å². The maximum absolute atomic E-state index is 13.7. The molecule has 0 spiro atoms. The van der Waals surface area contributed by atoms with Gasteiger partial charge in [0.2, 0.25) is 10.0 Å². The molecular weight excluding hydrogens is 485 g/mol. The van der Waals surface area contributed by atoms with Crippen LogP contribution < -0.4 is 4.74 Å². The fourth-order valence-electron chi connectivity index (χ4n) is 5.27. The van der Waals surface area contributed by atoms with E-state index >= 15 is 0 Å². The SMILES string of the molecule is C[C@@H]1CN(Cc2cccc(OC(F)(F)F)c2)C[C@H](C)N1S(=O)(=O)c1cccc2c1C[C@@H](C(=O)O)C2. The highest BCUT2D eigenvalue weighted by molar-refractivity contribution is 7.89. The number of sulfonamides is 1. The van der Waals surface area contributed by atoms with Crippen LogP contribution in [0.3, 0.4) is 0 Å². The number of fused-ring (bicyclic) bond motifs is 1. The van der Waals surface area contributed by atoms with Gasteiger partial charge in [-0.05, 0) is 61.6 Å². The van der Waals surface area contributed by atoms with Gasteiger partial charge in [-0.1, -0.05) is 24.3 Å². The van der Waals surface area contributed by atoms with E-state index in [-0.39, 0.29) is 17.1 Å². The number of hydrogen-bond acceptors (Lipinski definition) is 5. The van der Waals surface area contributed by atoms with Gasteiger partial charge in [-0.25, -0.2) is 8.42 Å². The number of piperazine rings is 1. The third-order valence-corrected chi connectivity index (χ3v) is 8.72. The molecular formula is C24H27F3N2O5S. The van der Waals surface area contributed by atoms with Crippen molar-refractivity contribution in [3.05, 3.63) is 59.2 Å². The van der Waals surface area contributed by atoms with Crippen LogP contribution >= 0.6 is 0 Å². The van der Waals surface area contributed by atoms with E-state index in [9.17, 15) is 31.5 Å². The number of hydrogen-bond donors (Lipinski definition) is 1. The molecule has 3 atom stereocenters. The van der Waals surface area contributed by atoms with Gasteiger partial charge in [0.1, 0.15) is 5.75 Å². The van der Waals surface area contributed by atoms with E-state index in [1.807, 2.05) is 4.90 Å². The second kappa shape index (κ2) is 9.44. The number of alkyl halides is 3. The molecule has 0 radical (unpaired) electrons. The first kappa shape index (κ1) is 25.5. The predicted molar refractivity (Wildman–Crippen MR) is 121 cm³/mol. The van der Waals surface area contributed by atoms with E-state index in [1.165, 1.54) is 28.6 Å². The lowest BCUT2D eigenvalue weighted by atomic mass is 10.1. The van der Waals surface area contributed by atoms with Crippen molar-refractivity contribution in [2.45, 2.75) is 56.6 Å². The van der Waals surface area contributed by atoms with Gasteiger partial charge in [0.15, 0.2) is 0 Å². The van der Waals surface area contributed by atoms with Crippen LogP contribution in [0.1, 0.15) is 30.5 Å². The molecule has 7 nitrogen and oxygen atoms in total. The predicted octanol–water partition coefficient (Wildman–Crippen LogP) is 3.67. The number of halogens is 3. The fourth-order valence-corrected chi connectivity index (χ4v) is 7.35. The molecule has 2 aromatic carbocycles. The van der Waals surface area contributed by atoms with E-state index in [2.05, 4.69) is 4.74 Å². The van der Waals surface area contributed by atoms with E-state index in [4.69, 9.17) is 0 Å². The summed E-state index contributed by atoms with van der Waals surface area (Å²) in [4.78, 5) is 13.6. The van der Waals surface area contributed by atoms with Gasteiger partial charge in [0.05, 0.1) is 10.8 Å². The summed E-state index contributed by atoms with van der Waals surface area (Å²) in [7, 11) is -3.89. The summed E-state index contributed by atoms with van der Waals surface area (Å²) in [6.07, 6.45) is -4.28. The number of nitrogens with zero attached hydrogens (tertiary/aromatic N) is 2. The first-order valence-electron chi connectivity index (χ1n) is 11.3. The molecule has 35 heavy (non-hydrogen) atoms. The summed E-state index contributed by atoms with van der Waals surface area (Å²) < 4.78 is 70.6. The summed E-state index contributed by atoms with van der Waals surface area (Å²) in [6.45, 7) is 4.72. The Bertz CT molecular complexity index is 1210. The minimum atomic E-state index is -4.77. The van der Waals surface area contributed by atoms with Crippen molar-refractivity contribution < 1.29 is 36.2 Å². The minimum absolute atomic E-state index is 0.155. The molecule has 0 bridgehead atoms. The van der Waals surface area contributed by atoms with Gasteiger partial charge in [0.25, 0.3) is 0 Å². The Morgan fingerprint density at radius 3 is 2.37 bits per heavy atom. The van der Waals surface area contributed by atoms with Gasteiger partial charge >= 0.3 is 12.3 Å². The Kier molecular flexibility index (Phi) is 6.87. The lowest BCUT2D eigenvalue weighted by Gasteiger charge is -2.43. The Morgan fingerprint density at radius 1 is 1.09 bits per heavy atom. The molecule has 2 aliphatic rings. The largest absolute Gasteiger partial charge is 0.573 e. The first-order chi connectivity index (χ1) is 16.3. The number of ether oxygens (including phenoxy) is 1. The normalized spacial score (nSPS) is 23.7. The first-order valence-corrected chi connectivity index (χ1v) is 12.7. The van der Waals surface area contributed by atoms with E-state index in [1.54, 1.807) is 32.0 Å². The molecule has 190 valence electrons. The molecule has 0 saturated carbocycles. The molecule has 1 N–H and O–H groups in total. The maximum Gasteiger partial charge on any atom is 0.573 e. The van der Waals surface area contributed by atoms with E-state index < -0.39 is 40.4 Å². The van der Waals surface area contributed by atoms with Crippen molar-refractivity contribution >= 4 is 16.0 Å². The molecule has 2 aromatic rings. The van der Waals surface area contributed by atoms with Crippen LogP contribution in [0.5, 0.6) is 5.75 Å². The Balaban J connectivity index is 1.51. The fraction of sp³-hybridized carbons (Fsp3) is 0.458. The smallest absolute Gasteiger partial charge is 0.481 e. The lowest BCUT2D eigenvalue weighted by molar-refractivity contribution is -0.274. The summed E-state index contributed by atoms with van der Waals surface area (Å²) in [6, 6.07) is 9.93. The summed E-state index contributed by atoms with van der Waals surface area (Å²) in [5.41, 5.74) is 1.95. The zero-order valence-electron chi connectivity index (χ0n) is 19.3. The molecule has 1 aliphatic carbocycles.